The molecule has 0 bridgehead atoms. The zero-order valence-electron chi connectivity index (χ0n) is 14.7. The predicted molar refractivity (Wildman–Crippen MR) is 98.2 cm³/mol. The molecule has 3 rings (SSSR count). The monoisotopic (exact) mass is 339 g/mol. The zero-order valence-corrected chi connectivity index (χ0v) is 14.7. The highest BCUT2D eigenvalue weighted by atomic mass is 16.5. The smallest absolute Gasteiger partial charge is 0.315 e. The second kappa shape index (κ2) is 8.12. The van der Waals surface area contributed by atoms with Crippen molar-refractivity contribution in [1.82, 2.24) is 15.6 Å². The minimum atomic E-state index is -0.160. The molecule has 0 radical (unpaired) electrons. The van der Waals surface area contributed by atoms with Gasteiger partial charge in [-0.05, 0) is 49.4 Å². The Morgan fingerprint density at radius 1 is 1.16 bits per heavy atom. The Morgan fingerprint density at radius 3 is 2.60 bits per heavy atom. The summed E-state index contributed by atoms with van der Waals surface area (Å²) in [5, 5.41) is 5.97. The number of hydrogen-bond acceptors (Lipinski definition) is 3. The standard InChI is InChI=1S/C20H25N3O2/c1-14(22-20(24)23-15(2)19-6-4-12-25-19)16-7-9-17(10-8-16)18-5-3-11-21-13-18/h3,5,7-11,13-15,19H,4,6,12H2,1-2H3,(H2,22,23,24)/t14-,15-,19+/m0/s1. The largest absolute Gasteiger partial charge is 0.376 e. The van der Waals surface area contributed by atoms with E-state index in [2.05, 4.69) is 27.8 Å². The molecule has 2 amide bonds. The number of nitrogens with one attached hydrogen (secondary N) is 2. The maximum absolute atomic E-state index is 12.2. The summed E-state index contributed by atoms with van der Waals surface area (Å²) in [5.74, 6) is 0. The number of hydrogen-bond donors (Lipinski definition) is 2. The highest BCUT2D eigenvalue weighted by molar-refractivity contribution is 5.74. The van der Waals surface area contributed by atoms with E-state index in [0.717, 1.165) is 36.1 Å². The SMILES string of the molecule is C[C@H](NC(=O)N[C@@H](C)[C@H]1CCCO1)c1ccc(-c2cccnc2)cc1. The quantitative estimate of drug-likeness (QED) is 0.873. The van der Waals surface area contributed by atoms with Crippen LogP contribution in [-0.2, 0) is 4.74 Å². The van der Waals surface area contributed by atoms with Crippen molar-refractivity contribution in [2.45, 2.75) is 44.9 Å². The second-order valence-electron chi connectivity index (χ2n) is 6.54. The van der Waals surface area contributed by atoms with Gasteiger partial charge in [0.05, 0.1) is 18.2 Å². The van der Waals surface area contributed by atoms with Gasteiger partial charge < -0.3 is 15.4 Å². The third-order valence-corrected chi connectivity index (χ3v) is 4.63. The molecule has 2 heterocycles. The van der Waals surface area contributed by atoms with Crippen molar-refractivity contribution in [3.8, 4) is 11.1 Å². The van der Waals surface area contributed by atoms with E-state index in [1.54, 1.807) is 6.20 Å². The fourth-order valence-electron chi connectivity index (χ4n) is 3.12. The first-order valence-corrected chi connectivity index (χ1v) is 8.82. The molecule has 1 aromatic carbocycles. The van der Waals surface area contributed by atoms with Crippen LogP contribution in [0.2, 0.25) is 0 Å². The molecule has 25 heavy (non-hydrogen) atoms. The van der Waals surface area contributed by atoms with E-state index in [1.165, 1.54) is 0 Å². The maximum atomic E-state index is 12.2. The summed E-state index contributed by atoms with van der Waals surface area (Å²) in [6, 6.07) is 11.9. The minimum absolute atomic E-state index is 0.0163. The summed E-state index contributed by atoms with van der Waals surface area (Å²) < 4.78 is 5.61. The number of pyridine rings is 1. The van der Waals surface area contributed by atoms with Crippen molar-refractivity contribution in [3.63, 3.8) is 0 Å². The fraction of sp³-hybridized carbons (Fsp3) is 0.400. The highest BCUT2D eigenvalue weighted by Gasteiger charge is 2.24. The number of urea groups is 1. The lowest BCUT2D eigenvalue weighted by molar-refractivity contribution is 0.0859. The maximum Gasteiger partial charge on any atom is 0.315 e. The number of carbonyl (C=O) groups excluding carboxylic acids is 1. The first-order valence-electron chi connectivity index (χ1n) is 8.82. The van der Waals surface area contributed by atoms with Gasteiger partial charge in [0.1, 0.15) is 0 Å². The molecule has 1 aliphatic heterocycles. The fourth-order valence-corrected chi connectivity index (χ4v) is 3.12. The van der Waals surface area contributed by atoms with E-state index >= 15 is 0 Å². The Hall–Kier alpha value is -2.40. The summed E-state index contributed by atoms with van der Waals surface area (Å²) in [4.78, 5) is 16.3. The molecule has 0 aliphatic carbocycles. The topological polar surface area (TPSA) is 63.2 Å². The first-order chi connectivity index (χ1) is 12.1. The van der Waals surface area contributed by atoms with Crippen molar-refractivity contribution in [2.75, 3.05) is 6.61 Å². The van der Waals surface area contributed by atoms with Crippen LogP contribution in [-0.4, -0.2) is 29.8 Å². The average Bonchev–Trinajstić information content (AvgIpc) is 3.17. The molecule has 1 aliphatic rings. The van der Waals surface area contributed by atoms with Gasteiger partial charge in [-0.1, -0.05) is 30.3 Å². The molecule has 1 saturated heterocycles. The number of carbonyl (C=O) groups is 1. The molecule has 2 N–H and O–H groups in total. The van der Waals surface area contributed by atoms with Gasteiger partial charge in [0.15, 0.2) is 0 Å². The molecule has 0 spiro atoms. The molecule has 3 atom stereocenters. The van der Waals surface area contributed by atoms with Crippen LogP contribution in [0.3, 0.4) is 0 Å². The van der Waals surface area contributed by atoms with Gasteiger partial charge in [-0.15, -0.1) is 0 Å². The van der Waals surface area contributed by atoms with Gasteiger partial charge in [0, 0.05) is 19.0 Å². The second-order valence-corrected chi connectivity index (χ2v) is 6.54. The van der Waals surface area contributed by atoms with Crippen LogP contribution in [0.4, 0.5) is 4.79 Å². The summed E-state index contributed by atoms with van der Waals surface area (Å²) in [6.07, 6.45) is 5.81. The van der Waals surface area contributed by atoms with Gasteiger partial charge in [0.2, 0.25) is 0 Å². The van der Waals surface area contributed by atoms with Crippen LogP contribution < -0.4 is 10.6 Å². The van der Waals surface area contributed by atoms with E-state index in [0.29, 0.717) is 0 Å². The highest BCUT2D eigenvalue weighted by Crippen LogP contribution is 2.21. The minimum Gasteiger partial charge on any atom is -0.376 e. The van der Waals surface area contributed by atoms with Crippen molar-refractivity contribution >= 4 is 6.03 Å². The molecule has 5 heteroatoms. The molecule has 0 unspecified atom stereocenters. The molecular weight excluding hydrogens is 314 g/mol. The number of nitrogens with zero attached hydrogens (tertiary/aromatic N) is 1. The lowest BCUT2D eigenvalue weighted by Crippen LogP contribution is -2.46. The van der Waals surface area contributed by atoms with Gasteiger partial charge in [-0.3, -0.25) is 4.98 Å². The van der Waals surface area contributed by atoms with Gasteiger partial charge in [-0.25, -0.2) is 4.79 Å². The Labute approximate surface area is 148 Å². The molecule has 0 saturated carbocycles. The van der Waals surface area contributed by atoms with Gasteiger partial charge in [-0.2, -0.15) is 0 Å². The normalized spacial score (nSPS) is 19.2. The lowest BCUT2D eigenvalue weighted by Gasteiger charge is -2.22. The molecule has 2 aromatic rings. The van der Waals surface area contributed by atoms with Crippen LogP contribution in [0.5, 0.6) is 0 Å². The summed E-state index contributed by atoms with van der Waals surface area (Å²) in [6.45, 7) is 4.76. The Balaban J connectivity index is 1.55. The number of ether oxygens (including phenoxy) is 1. The Bertz CT molecular complexity index is 682. The number of aromatic nitrogens is 1. The van der Waals surface area contributed by atoms with E-state index in [1.807, 2.05) is 44.3 Å². The van der Waals surface area contributed by atoms with Crippen molar-refractivity contribution < 1.29 is 9.53 Å². The molecular formula is C20H25N3O2. The summed E-state index contributed by atoms with van der Waals surface area (Å²) in [7, 11) is 0. The van der Waals surface area contributed by atoms with Crippen LogP contribution in [0.25, 0.3) is 11.1 Å². The first kappa shape index (κ1) is 17.4. The Kier molecular flexibility index (Phi) is 5.66. The molecule has 1 aromatic heterocycles. The van der Waals surface area contributed by atoms with Crippen LogP contribution in [0.15, 0.2) is 48.8 Å². The summed E-state index contributed by atoms with van der Waals surface area (Å²) >= 11 is 0. The van der Waals surface area contributed by atoms with Crippen LogP contribution in [0, 0.1) is 0 Å². The van der Waals surface area contributed by atoms with Crippen LogP contribution >= 0.6 is 0 Å². The summed E-state index contributed by atoms with van der Waals surface area (Å²) in [5.41, 5.74) is 3.26. The number of benzene rings is 1. The van der Waals surface area contributed by atoms with E-state index in [9.17, 15) is 4.79 Å². The lowest BCUT2D eigenvalue weighted by atomic mass is 10.0. The molecule has 1 fully saturated rings. The Morgan fingerprint density at radius 2 is 1.96 bits per heavy atom. The molecule has 5 nitrogen and oxygen atoms in total. The van der Waals surface area contributed by atoms with Crippen molar-refractivity contribution in [2.24, 2.45) is 0 Å². The van der Waals surface area contributed by atoms with E-state index < -0.39 is 0 Å². The third kappa shape index (κ3) is 4.57. The van der Waals surface area contributed by atoms with Crippen molar-refractivity contribution in [3.05, 3.63) is 54.4 Å². The van der Waals surface area contributed by atoms with Gasteiger partial charge >= 0.3 is 6.03 Å². The number of amides is 2. The average molecular weight is 339 g/mol. The third-order valence-electron chi connectivity index (χ3n) is 4.63. The van der Waals surface area contributed by atoms with Crippen LogP contribution in [0.1, 0.15) is 38.3 Å². The predicted octanol–water partition coefficient (Wildman–Crippen LogP) is 3.68. The number of rotatable bonds is 5. The van der Waals surface area contributed by atoms with E-state index in [-0.39, 0.29) is 24.2 Å². The van der Waals surface area contributed by atoms with Crippen molar-refractivity contribution in [1.29, 1.82) is 0 Å². The van der Waals surface area contributed by atoms with E-state index in [4.69, 9.17) is 4.74 Å². The zero-order chi connectivity index (χ0) is 17.6. The molecule has 132 valence electrons. The van der Waals surface area contributed by atoms with Gasteiger partial charge in [0.25, 0.3) is 0 Å².